The standard InChI is InChI=1S/C30H26N2O8S/c1-38-24-16-20(14-15-32-28(33)22-8-4-6-18-7-5-9-23(27(18)22)29(32)34)26(17-25(24)39-2)41(36,37)31-21-12-10-19(11-13-21)30(35)40-3/h4-13,16-17,31H,14-15H2,1-3H3. The lowest BCUT2D eigenvalue weighted by Crippen LogP contribution is -2.41. The molecule has 5 rings (SSSR count). The Hall–Kier alpha value is -4.90. The second kappa shape index (κ2) is 10.9. The van der Waals surface area contributed by atoms with Gasteiger partial charge in [-0.3, -0.25) is 19.2 Å². The van der Waals surface area contributed by atoms with Crippen LogP contribution in [0.15, 0.2) is 77.7 Å². The number of amides is 2. The Kier molecular flexibility index (Phi) is 7.38. The van der Waals surface area contributed by atoms with E-state index in [0.717, 1.165) is 10.3 Å². The molecule has 1 N–H and O–H groups in total. The number of benzene rings is 4. The number of imide groups is 1. The van der Waals surface area contributed by atoms with Gasteiger partial charge in [0.1, 0.15) is 0 Å². The van der Waals surface area contributed by atoms with E-state index in [9.17, 15) is 22.8 Å². The van der Waals surface area contributed by atoms with E-state index in [1.807, 2.05) is 12.1 Å². The largest absolute Gasteiger partial charge is 0.493 e. The molecule has 0 saturated carbocycles. The summed E-state index contributed by atoms with van der Waals surface area (Å²) < 4.78 is 45.1. The van der Waals surface area contributed by atoms with Gasteiger partial charge in [-0.05, 0) is 59.8 Å². The van der Waals surface area contributed by atoms with Gasteiger partial charge >= 0.3 is 5.97 Å². The van der Waals surface area contributed by atoms with E-state index in [1.54, 1.807) is 24.3 Å². The molecular weight excluding hydrogens is 548 g/mol. The molecule has 0 spiro atoms. The Bertz CT molecular complexity index is 1750. The number of nitrogens with one attached hydrogen (secondary N) is 1. The number of hydrogen-bond acceptors (Lipinski definition) is 8. The van der Waals surface area contributed by atoms with Crippen LogP contribution in [0.4, 0.5) is 5.69 Å². The first kappa shape index (κ1) is 27.7. The molecule has 2 amide bonds. The van der Waals surface area contributed by atoms with Crippen molar-refractivity contribution in [3.8, 4) is 11.5 Å². The highest BCUT2D eigenvalue weighted by Gasteiger charge is 2.33. The maximum Gasteiger partial charge on any atom is 0.337 e. The second-order valence-corrected chi connectivity index (χ2v) is 10.9. The van der Waals surface area contributed by atoms with Crippen LogP contribution in [0, 0.1) is 0 Å². The molecule has 0 unspecified atom stereocenters. The lowest BCUT2D eigenvalue weighted by molar-refractivity contribution is 0.0593. The zero-order valence-electron chi connectivity index (χ0n) is 22.5. The fourth-order valence-corrected chi connectivity index (χ4v) is 6.19. The van der Waals surface area contributed by atoms with Crippen LogP contribution in [-0.2, 0) is 21.2 Å². The van der Waals surface area contributed by atoms with E-state index in [4.69, 9.17) is 9.47 Å². The summed E-state index contributed by atoms with van der Waals surface area (Å²) in [7, 11) is -0.132. The van der Waals surface area contributed by atoms with Crippen LogP contribution in [-0.4, -0.2) is 59.0 Å². The SMILES string of the molecule is COC(=O)c1ccc(NS(=O)(=O)c2cc(OC)c(OC)cc2CCN2C(=O)c3cccc4cccc(c34)C2=O)cc1. The number of carbonyl (C=O) groups is 3. The van der Waals surface area contributed by atoms with Gasteiger partial charge in [0.25, 0.3) is 21.8 Å². The van der Waals surface area contributed by atoms with Crippen LogP contribution in [0.25, 0.3) is 10.8 Å². The third-order valence-electron chi connectivity index (χ3n) is 6.87. The minimum absolute atomic E-state index is 0.0213. The van der Waals surface area contributed by atoms with E-state index in [2.05, 4.69) is 9.46 Å². The Labute approximate surface area is 236 Å². The number of hydrogen-bond donors (Lipinski definition) is 1. The average molecular weight is 575 g/mol. The van der Waals surface area contributed by atoms with Gasteiger partial charge in [-0.2, -0.15) is 0 Å². The first-order valence-corrected chi connectivity index (χ1v) is 14.0. The van der Waals surface area contributed by atoms with E-state index in [-0.39, 0.29) is 40.6 Å². The smallest absolute Gasteiger partial charge is 0.337 e. The molecule has 0 bridgehead atoms. The van der Waals surface area contributed by atoms with Gasteiger partial charge in [-0.15, -0.1) is 0 Å². The number of methoxy groups -OCH3 is 3. The number of carbonyl (C=O) groups excluding carboxylic acids is 3. The molecule has 4 aromatic carbocycles. The lowest BCUT2D eigenvalue weighted by Gasteiger charge is -2.27. The predicted molar refractivity (Wildman–Crippen MR) is 151 cm³/mol. The van der Waals surface area contributed by atoms with Crippen LogP contribution in [0.1, 0.15) is 36.6 Å². The molecule has 10 nitrogen and oxygen atoms in total. The molecule has 0 aliphatic carbocycles. The first-order chi connectivity index (χ1) is 19.7. The predicted octanol–water partition coefficient (Wildman–Crippen LogP) is 4.28. The summed E-state index contributed by atoms with van der Waals surface area (Å²) in [6.45, 7) is -0.0752. The number of anilines is 1. The molecular formula is C30H26N2O8S. The fourth-order valence-electron chi connectivity index (χ4n) is 4.87. The van der Waals surface area contributed by atoms with Crippen LogP contribution in [0.3, 0.4) is 0 Å². The second-order valence-electron chi connectivity index (χ2n) is 9.21. The number of esters is 1. The summed E-state index contributed by atoms with van der Waals surface area (Å²) in [6.07, 6.45) is 0.0213. The van der Waals surface area contributed by atoms with E-state index >= 15 is 0 Å². The molecule has 11 heteroatoms. The van der Waals surface area contributed by atoms with Crippen molar-refractivity contribution in [2.75, 3.05) is 32.6 Å². The summed E-state index contributed by atoms with van der Waals surface area (Å²) in [5.41, 5.74) is 1.60. The minimum Gasteiger partial charge on any atom is -0.493 e. The molecule has 210 valence electrons. The molecule has 0 radical (unpaired) electrons. The van der Waals surface area contributed by atoms with Gasteiger partial charge in [-0.25, -0.2) is 13.2 Å². The summed E-state index contributed by atoms with van der Waals surface area (Å²) in [6, 6.07) is 19.1. The molecule has 0 aromatic heterocycles. The van der Waals surface area contributed by atoms with Crippen LogP contribution >= 0.6 is 0 Å². The fraction of sp³-hybridized carbons (Fsp3) is 0.167. The Morgan fingerprint density at radius 1 is 0.829 bits per heavy atom. The van der Waals surface area contributed by atoms with Gasteiger partial charge in [0.15, 0.2) is 11.5 Å². The first-order valence-electron chi connectivity index (χ1n) is 12.5. The van der Waals surface area contributed by atoms with Gasteiger partial charge in [0, 0.05) is 34.8 Å². The van der Waals surface area contributed by atoms with Crippen molar-refractivity contribution in [3.63, 3.8) is 0 Å². The van der Waals surface area contributed by atoms with Gasteiger partial charge in [0.2, 0.25) is 0 Å². The zero-order chi connectivity index (χ0) is 29.3. The Balaban J connectivity index is 1.47. The van der Waals surface area contributed by atoms with Crippen molar-refractivity contribution in [2.45, 2.75) is 11.3 Å². The van der Waals surface area contributed by atoms with E-state index in [0.29, 0.717) is 22.1 Å². The zero-order valence-corrected chi connectivity index (χ0v) is 23.3. The highest BCUT2D eigenvalue weighted by molar-refractivity contribution is 7.92. The number of sulfonamides is 1. The maximum atomic E-state index is 13.6. The molecule has 1 aliphatic heterocycles. The summed E-state index contributed by atoms with van der Waals surface area (Å²) in [5, 5.41) is 1.40. The molecule has 1 heterocycles. The Morgan fingerprint density at radius 3 is 1.98 bits per heavy atom. The summed E-state index contributed by atoms with van der Waals surface area (Å²) in [4.78, 5) is 39.5. The molecule has 0 atom stereocenters. The lowest BCUT2D eigenvalue weighted by atomic mass is 9.94. The third kappa shape index (κ3) is 5.07. The van der Waals surface area contributed by atoms with E-state index < -0.39 is 27.8 Å². The normalized spacial score (nSPS) is 12.8. The average Bonchev–Trinajstić information content (AvgIpc) is 2.99. The van der Waals surface area contributed by atoms with Crippen molar-refractivity contribution in [2.24, 2.45) is 0 Å². The highest BCUT2D eigenvalue weighted by atomic mass is 32.2. The van der Waals surface area contributed by atoms with Crippen molar-refractivity contribution in [1.29, 1.82) is 0 Å². The third-order valence-corrected chi connectivity index (χ3v) is 8.34. The van der Waals surface area contributed by atoms with Crippen LogP contribution in [0.5, 0.6) is 11.5 Å². The molecule has 1 aliphatic rings. The minimum atomic E-state index is -4.19. The van der Waals surface area contributed by atoms with Crippen molar-refractivity contribution in [3.05, 3.63) is 95.1 Å². The maximum absolute atomic E-state index is 13.6. The molecule has 0 saturated heterocycles. The number of nitrogens with zero attached hydrogens (tertiary/aromatic N) is 1. The molecule has 4 aromatic rings. The van der Waals surface area contributed by atoms with Gasteiger partial charge < -0.3 is 14.2 Å². The molecule has 0 fully saturated rings. The molecule has 41 heavy (non-hydrogen) atoms. The van der Waals surface area contributed by atoms with E-state index in [1.165, 1.54) is 57.7 Å². The topological polar surface area (TPSA) is 128 Å². The Morgan fingerprint density at radius 2 is 1.41 bits per heavy atom. The van der Waals surface area contributed by atoms with Crippen molar-refractivity contribution < 1.29 is 37.0 Å². The van der Waals surface area contributed by atoms with Crippen LogP contribution < -0.4 is 14.2 Å². The van der Waals surface area contributed by atoms with Gasteiger partial charge in [-0.1, -0.05) is 24.3 Å². The monoisotopic (exact) mass is 574 g/mol. The number of ether oxygens (including phenoxy) is 3. The highest BCUT2D eigenvalue weighted by Crippen LogP contribution is 2.35. The summed E-state index contributed by atoms with van der Waals surface area (Å²) >= 11 is 0. The van der Waals surface area contributed by atoms with Crippen molar-refractivity contribution >= 4 is 44.3 Å². The van der Waals surface area contributed by atoms with Crippen molar-refractivity contribution in [1.82, 2.24) is 4.90 Å². The quantitative estimate of drug-likeness (QED) is 0.232. The summed E-state index contributed by atoms with van der Waals surface area (Å²) in [5.74, 6) is -0.984. The van der Waals surface area contributed by atoms with Gasteiger partial charge in [0.05, 0.1) is 31.8 Å². The number of rotatable bonds is 9. The van der Waals surface area contributed by atoms with Crippen LogP contribution in [0.2, 0.25) is 0 Å².